The first-order chi connectivity index (χ1) is 17.6. The van der Waals surface area contributed by atoms with E-state index in [1.54, 1.807) is 12.1 Å². The van der Waals surface area contributed by atoms with Crippen LogP contribution in [0.4, 0.5) is 0 Å². The van der Waals surface area contributed by atoms with E-state index in [0.717, 1.165) is 37.4 Å². The van der Waals surface area contributed by atoms with E-state index < -0.39 is 7.26 Å². The molecular formula is C32H36BrO3P. The highest BCUT2D eigenvalue weighted by Gasteiger charge is 2.44. The highest BCUT2D eigenvalue weighted by Crippen LogP contribution is 2.56. The molecule has 4 aromatic carbocycles. The van der Waals surface area contributed by atoms with Crippen LogP contribution < -0.4 is 32.9 Å². The van der Waals surface area contributed by atoms with Gasteiger partial charge >= 0.3 is 0 Å². The third-order valence-corrected chi connectivity index (χ3v) is 11.3. The molecule has 0 bridgehead atoms. The number of halogens is 1. The van der Waals surface area contributed by atoms with Crippen molar-refractivity contribution in [3.63, 3.8) is 0 Å². The second-order valence-corrected chi connectivity index (χ2v) is 12.8. The van der Waals surface area contributed by atoms with Crippen molar-refractivity contribution in [3.8, 4) is 11.5 Å². The summed E-state index contributed by atoms with van der Waals surface area (Å²) in [7, 11) is -1.75. The van der Waals surface area contributed by atoms with Crippen molar-refractivity contribution in [2.24, 2.45) is 0 Å². The maximum absolute atomic E-state index is 9.73. The van der Waals surface area contributed by atoms with Gasteiger partial charge in [-0.05, 0) is 80.3 Å². The van der Waals surface area contributed by atoms with Crippen LogP contribution >= 0.6 is 7.26 Å². The van der Waals surface area contributed by atoms with Gasteiger partial charge in [-0.15, -0.1) is 0 Å². The molecule has 4 aromatic rings. The topological polar surface area (TPSA) is 49.7 Å². The number of phenolic OH excluding ortho intramolecular Hbond substituents is 2. The number of hydrogen-bond donors (Lipinski definition) is 2. The maximum Gasteiger partial charge on any atom is 0.157 e. The zero-order valence-corrected chi connectivity index (χ0v) is 23.8. The molecular weight excluding hydrogens is 543 g/mol. The van der Waals surface area contributed by atoms with E-state index in [1.807, 2.05) is 6.92 Å². The zero-order valence-electron chi connectivity index (χ0n) is 21.3. The minimum atomic E-state index is -1.75. The van der Waals surface area contributed by atoms with Gasteiger partial charge in [0.05, 0.1) is 12.3 Å². The van der Waals surface area contributed by atoms with Crippen molar-refractivity contribution in [2.45, 2.75) is 38.7 Å². The normalized spacial score (nSPS) is 12.0. The highest BCUT2D eigenvalue weighted by atomic mass is 79.9. The number of hydrogen-bond acceptors (Lipinski definition) is 3. The molecule has 2 N–H and O–H groups in total. The van der Waals surface area contributed by atoms with Crippen LogP contribution in [-0.2, 0) is 4.74 Å². The molecule has 0 amide bonds. The van der Waals surface area contributed by atoms with Gasteiger partial charge in [0, 0.05) is 6.61 Å². The predicted octanol–water partition coefficient (Wildman–Crippen LogP) is 3.73. The van der Waals surface area contributed by atoms with E-state index in [1.165, 1.54) is 22.0 Å². The van der Waals surface area contributed by atoms with Gasteiger partial charge in [0.2, 0.25) is 0 Å². The smallest absolute Gasteiger partial charge is 0.157 e. The Morgan fingerprint density at radius 1 is 0.622 bits per heavy atom. The van der Waals surface area contributed by atoms with Gasteiger partial charge in [-0.2, -0.15) is 0 Å². The van der Waals surface area contributed by atoms with Crippen LogP contribution in [0.5, 0.6) is 11.5 Å². The predicted molar refractivity (Wildman–Crippen MR) is 153 cm³/mol. The second-order valence-electron chi connectivity index (χ2n) is 9.22. The maximum atomic E-state index is 9.73. The Kier molecular flexibility index (Phi) is 11.2. The molecule has 0 spiro atoms. The average Bonchev–Trinajstić information content (AvgIpc) is 2.93. The van der Waals surface area contributed by atoms with Crippen molar-refractivity contribution in [2.75, 3.05) is 12.8 Å². The SMILES string of the molecule is CC(OCCCCCC[P+](c1ccccc1)(c1ccccc1)c1ccccc1)c1ccc(O)c(O)c1.[Br-]. The Morgan fingerprint density at radius 2 is 1.11 bits per heavy atom. The molecule has 1 unspecified atom stereocenters. The van der Waals surface area contributed by atoms with Gasteiger partial charge in [-0.1, -0.05) is 67.1 Å². The summed E-state index contributed by atoms with van der Waals surface area (Å²) >= 11 is 0. The quantitative estimate of drug-likeness (QED) is 0.153. The summed E-state index contributed by atoms with van der Waals surface area (Å²) < 4.78 is 5.99. The average molecular weight is 580 g/mol. The molecule has 3 nitrogen and oxygen atoms in total. The van der Waals surface area contributed by atoms with Crippen LogP contribution in [0.3, 0.4) is 0 Å². The van der Waals surface area contributed by atoms with Gasteiger partial charge in [-0.3, -0.25) is 0 Å². The summed E-state index contributed by atoms with van der Waals surface area (Å²) in [5.74, 6) is -0.212. The molecule has 194 valence electrons. The lowest BCUT2D eigenvalue weighted by atomic mass is 10.1. The second kappa shape index (κ2) is 14.3. The largest absolute Gasteiger partial charge is 1.00 e. The monoisotopic (exact) mass is 578 g/mol. The Morgan fingerprint density at radius 3 is 1.59 bits per heavy atom. The molecule has 0 aliphatic heterocycles. The number of unbranched alkanes of at least 4 members (excludes halogenated alkanes) is 3. The molecule has 0 radical (unpaired) electrons. The molecule has 0 aliphatic rings. The molecule has 5 heteroatoms. The first kappa shape index (κ1) is 28.9. The van der Waals surface area contributed by atoms with Crippen molar-refractivity contribution < 1.29 is 31.9 Å². The zero-order chi connectivity index (χ0) is 25.2. The standard InChI is InChI=1S/C32H35O3P.BrH/c1-26(27-21-22-31(33)32(34)25-27)35-23-13-2-3-14-24-36(28-15-7-4-8-16-28,29-17-9-5-10-18-29)30-19-11-6-12-20-30;/h4-12,15-22,25-26H,2-3,13-14,23-24H2,1H3,(H-,33,34);1H. The van der Waals surface area contributed by atoms with Crippen LogP contribution in [0.2, 0.25) is 0 Å². The number of ether oxygens (including phenoxy) is 1. The summed E-state index contributed by atoms with van der Waals surface area (Å²) in [4.78, 5) is 0. The van der Waals surface area contributed by atoms with E-state index in [0.29, 0.717) is 6.61 Å². The molecule has 0 saturated heterocycles. The summed E-state index contributed by atoms with van der Waals surface area (Å²) in [6.07, 6.45) is 5.47. The minimum absolute atomic E-state index is 0. The van der Waals surface area contributed by atoms with Crippen LogP contribution in [-0.4, -0.2) is 23.0 Å². The van der Waals surface area contributed by atoms with E-state index in [9.17, 15) is 10.2 Å². The van der Waals surface area contributed by atoms with E-state index >= 15 is 0 Å². The first-order valence-corrected chi connectivity index (χ1v) is 14.8. The number of phenols is 2. The fraction of sp³-hybridized carbons (Fsp3) is 0.250. The fourth-order valence-electron chi connectivity index (χ4n) is 4.84. The summed E-state index contributed by atoms with van der Waals surface area (Å²) in [6.45, 7) is 2.66. The minimum Gasteiger partial charge on any atom is -1.00 e. The van der Waals surface area contributed by atoms with Gasteiger partial charge in [0.1, 0.15) is 23.2 Å². The molecule has 1 atom stereocenters. The van der Waals surface area contributed by atoms with Crippen molar-refractivity contribution in [1.29, 1.82) is 0 Å². The molecule has 0 aromatic heterocycles. The third kappa shape index (κ3) is 7.23. The van der Waals surface area contributed by atoms with Crippen LogP contribution in [0, 0.1) is 0 Å². The molecule has 0 heterocycles. The Hall–Kier alpha value is -2.65. The van der Waals surface area contributed by atoms with Crippen molar-refractivity contribution in [3.05, 3.63) is 115 Å². The van der Waals surface area contributed by atoms with E-state index in [-0.39, 0.29) is 34.6 Å². The van der Waals surface area contributed by atoms with Gasteiger partial charge < -0.3 is 31.9 Å². The lowest BCUT2D eigenvalue weighted by Gasteiger charge is -2.27. The van der Waals surface area contributed by atoms with Gasteiger partial charge in [0.25, 0.3) is 0 Å². The van der Waals surface area contributed by atoms with Gasteiger partial charge in [0.15, 0.2) is 11.5 Å². The summed E-state index contributed by atoms with van der Waals surface area (Å²) in [6, 6.07) is 38.1. The molecule has 0 saturated carbocycles. The van der Waals surface area contributed by atoms with Crippen LogP contribution in [0.25, 0.3) is 0 Å². The highest BCUT2D eigenvalue weighted by molar-refractivity contribution is 7.95. The third-order valence-electron chi connectivity index (χ3n) is 6.82. The van der Waals surface area contributed by atoms with E-state index in [4.69, 9.17) is 4.74 Å². The lowest BCUT2D eigenvalue weighted by Crippen LogP contribution is -3.00. The van der Waals surface area contributed by atoms with Crippen molar-refractivity contribution >= 4 is 23.2 Å². The molecule has 0 fully saturated rings. The number of rotatable bonds is 12. The van der Waals surface area contributed by atoms with Crippen molar-refractivity contribution in [1.82, 2.24) is 0 Å². The number of benzene rings is 4. The Labute approximate surface area is 232 Å². The Bertz CT molecular complexity index is 1110. The van der Waals surface area contributed by atoms with Crippen LogP contribution in [0.15, 0.2) is 109 Å². The molecule has 4 rings (SSSR count). The molecule has 37 heavy (non-hydrogen) atoms. The fourth-order valence-corrected chi connectivity index (χ4v) is 9.25. The molecule has 0 aliphatic carbocycles. The van der Waals surface area contributed by atoms with Crippen LogP contribution in [0.1, 0.15) is 44.3 Å². The summed E-state index contributed by atoms with van der Waals surface area (Å²) in [5.41, 5.74) is 0.869. The lowest BCUT2D eigenvalue weighted by molar-refractivity contribution is -0.0000110. The van der Waals surface area contributed by atoms with E-state index in [2.05, 4.69) is 91.0 Å². The Balaban J connectivity index is 0.00000380. The summed E-state index contributed by atoms with van der Waals surface area (Å²) in [5, 5.41) is 23.6. The number of aromatic hydroxyl groups is 2. The van der Waals surface area contributed by atoms with Gasteiger partial charge in [-0.25, -0.2) is 0 Å². The first-order valence-electron chi connectivity index (χ1n) is 12.8.